The third-order valence-electron chi connectivity index (χ3n) is 2.52. The lowest BCUT2D eigenvalue weighted by atomic mass is 10.0. The molecule has 1 fully saturated rings. The van der Waals surface area contributed by atoms with E-state index in [-0.39, 0.29) is 23.9 Å². The van der Waals surface area contributed by atoms with Crippen LogP contribution < -0.4 is 10.6 Å². The van der Waals surface area contributed by atoms with Gasteiger partial charge in [0.05, 0.1) is 12.1 Å². The van der Waals surface area contributed by atoms with Gasteiger partial charge in [0.15, 0.2) is 0 Å². The van der Waals surface area contributed by atoms with Crippen LogP contribution in [0.5, 0.6) is 0 Å². The standard InChI is InChI=1S/C11H18N2O/c1-4-9(8(2)3)13-11(14)10-6-5-7-12-10/h1,8-10,12H,5-7H2,2-3H3,(H,13,14). The van der Waals surface area contributed by atoms with Gasteiger partial charge in [-0.05, 0) is 25.3 Å². The van der Waals surface area contributed by atoms with Gasteiger partial charge in [0, 0.05) is 0 Å². The first-order chi connectivity index (χ1) is 6.65. The highest BCUT2D eigenvalue weighted by Gasteiger charge is 2.24. The Morgan fingerprint density at radius 3 is 2.79 bits per heavy atom. The highest BCUT2D eigenvalue weighted by atomic mass is 16.2. The molecule has 2 unspecified atom stereocenters. The Bertz CT molecular complexity index is 236. The summed E-state index contributed by atoms with van der Waals surface area (Å²) < 4.78 is 0. The van der Waals surface area contributed by atoms with Crippen molar-refractivity contribution in [2.24, 2.45) is 5.92 Å². The van der Waals surface area contributed by atoms with Crippen LogP contribution >= 0.6 is 0 Å². The summed E-state index contributed by atoms with van der Waals surface area (Å²) in [6.45, 7) is 4.94. The van der Waals surface area contributed by atoms with E-state index in [1.807, 2.05) is 13.8 Å². The van der Waals surface area contributed by atoms with Crippen LogP contribution in [0.3, 0.4) is 0 Å². The molecule has 0 radical (unpaired) electrons. The number of hydrogen-bond acceptors (Lipinski definition) is 2. The molecule has 0 saturated carbocycles. The van der Waals surface area contributed by atoms with E-state index in [4.69, 9.17) is 6.42 Å². The Hall–Kier alpha value is -1.01. The van der Waals surface area contributed by atoms with E-state index in [1.54, 1.807) is 0 Å². The smallest absolute Gasteiger partial charge is 0.238 e. The van der Waals surface area contributed by atoms with Gasteiger partial charge in [-0.15, -0.1) is 6.42 Å². The second-order valence-corrected chi connectivity index (χ2v) is 4.05. The number of hydrogen-bond donors (Lipinski definition) is 2. The highest BCUT2D eigenvalue weighted by molar-refractivity contribution is 5.82. The molecule has 1 amide bonds. The molecule has 1 aliphatic rings. The molecule has 2 atom stereocenters. The van der Waals surface area contributed by atoms with Crippen LogP contribution in [0.2, 0.25) is 0 Å². The maximum absolute atomic E-state index is 11.6. The van der Waals surface area contributed by atoms with Gasteiger partial charge in [0.25, 0.3) is 0 Å². The van der Waals surface area contributed by atoms with Crippen molar-refractivity contribution in [1.82, 2.24) is 10.6 Å². The summed E-state index contributed by atoms with van der Waals surface area (Å²) >= 11 is 0. The average Bonchev–Trinajstić information content (AvgIpc) is 2.65. The zero-order valence-corrected chi connectivity index (χ0v) is 8.84. The molecule has 0 aromatic carbocycles. The van der Waals surface area contributed by atoms with Crippen molar-refractivity contribution in [3.8, 4) is 12.3 Å². The van der Waals surface area contributed by atoms with Crippen LogP contribution in [0, 0.1) is 18.3 Å². The Labute approximate surface area is 85.6 Å². The largest absolute Gasteiger partial charge is 0.341 e. The number of rotatable bonds is 3. The summed E-state index contributed by atoms with van der Waals surface area (Å²) in [4.78, 5) is 11.6. The van der Waals surface area contributed by atoms with Crippen molar-refractivity contribution in [2.75, 3.05) is 6.54 Å². The molecule has 0 aliphatic carbocycles. The molecular weight excluding hydrogens is 176 g/mol. The molecule has 78 valence electrons. The van der Waals surface area contributed by atoms with E-state index in [0.717, 1.165) is 19.4 Å². The first-order valence-corrected chi connectivity index (χ1v) is 5.15. The van der Waals surface area contributed by atoms with E-state index in [0.29, 0.717) is 0 Å². The molecule has 14 heavy (non-hydrogen) atoms. The van der Waals surface area contributed by atoms with Crippen LogP contribution in [-0.2, 0) is 4.79 Å². The number of amides is 1. The van der Waals surface area contributed by atoms with Gasteiger partial charge in [0.1, 0.15) is 0 Å². The first kappa shape index (κ1) is 11.1. The summed E-state index contributed by atoms with van der Waals surface area (Å²) in [7, 11) is 0. The quantitative estimate of drug-likeness (QED) is 0.643. The zero-order valence-electron chi connectivity index (χ0n) is 8.84. The van der Waals surface area contributed by atoms with Gasteiger partial charge in [-0.2, -0.15) is 0 Å². The molecule has 2 N–H and O–H groups in total. The molecular formula is C11H18N2O. The summed E-state index contributed by atoms with van der Waals surface area (Å²) in [6, 6.07) is -0.186. The average molecular weight is 194 g/mol. The lowest BCUT2D eigenvalue weighted by Crippen LogP contribution is -2.46. The van der Waals surface area contributed by atoms with Crippen LogP contribution in [0.25, 0.3) is 0 Å². The second kappa shape index (κ2) is 5.02. The molecule has 0 bridgehead atoms. The minimum absolute atomic E-state index is 0.0374. The lowest BCUT2D eigenvalue weighted by molar-refractivity contribution is -0.123. The third-order valence-corrected chi connectivity index (χ3v) is 2.52. The van der Waals surface area contributed by atoms with Crippen molar-refractivity contribution in [3.05, 3.63) is 0 Å². The molecule has 1 heterocycles. The fourth-order valence-electron chi connectivity index (χ4n) is 1.56. The van der Waals surface area contributed by atoms with Gasteiger partial charge in [0.2, 0.25) is 5.91 Å². The fourth-order valence-corrected chi connectivity index (χ4v) is 1.56. The van der Waals surface area contributed by atoms with E-state index in [1.165, 1.54) is 0 Å². The molecule has 1 rings (SSSR count). The number of nitrogens with one attached hydrogen (secondary N) is 2. The number of carbonyl (C=O) groups is 1. The molecule has 3 heteroatoms. The van der Waals surface area contributed by atoms with Gasteiger partial charge < -0.3 is 10.6 Å². The normalized spacial score (nSPS) is 23.1. The fraction of sp³-hybridized carbons (Fsp3) is 0.727. The minimum Gasteiger partial charge on any atom is -0.341 e. The Kier molecular flexibility index (Phi) is 3.97. The monoisotopic (exact) mass is 194 g/mol. The predicted molar refractivity (Wildman–Crippen MR) is 56.6 cm³/mol. The summed E-state index contributed by atoms with van der Waals surface area (Å²) in [5.74, 6) is 2.92. The zero-order chi connectivity index (χ0) is 10.6. The minimum atomic E-state index is -0.148. The van der Waals surface area contributed by atoms with Crippen LogP contribution in [-0.4, -0.2) is 24.5 Å². The maximum atomic E-state index is 11.6. The van der Waals surface area contributed by atoms with Gasteiger partial charge in [-0.25, -0.2) is 0 Å². The van der Waals surface area contributed by atoms with E-state index in [9.17, 15) is 4.79 Å². The molecule has 0 spiro atoms. The number of carbonyl (C=O) groups excluding carboxylic acids is 1. The van der Waals surface area contributed by atoms with Crippen molar-refractivity contribution in [2.45, 2.75) is 38.8 Å². The second-order valence-electron chi connectivity index (χ2n) is 4.05. The summed E-state index contributed by atoms with van der Waals surface area (Å²) in [5.41, 5.74) is 0. The molecule has 1 aliphatic heterocycles. The van der Waals surface area contributed by atoms with Gasteiger partial charge in [-0.3, -0.25) is 4.79 Å². The van der Waals surface area contributed by atoms with Gasteiger partial charge in [-0.1, -0.05) is 19.8 Å². The van der Waals surface area contributed by atoms with E-state index < -0.39 is 0 Å². The summed E-state index contributed by atoms with van der Waals surface area (Å²) in [6.07, 6.45) is 7.32. The first-order valence-electron chi connectivity index (χ1n) is 5.15. The Balaban J connectivity index is 2.42. The SMILES string of the molecule is C#CC(NC(=O)C1CCCN1)C(C)C. The van der Waals surface area contributed by atoms with Crippen LogP contribution in [0.15, 0.2) is 0 Å². The van der Waals surface area contributed by atoms with Crippen LogP contribution in [0.4, 0.5) is 0 Å². The summed E-state index contributed by atoms with van der Waals surface area (Å²) in [5, 5.41) is 6.01. The third kappa shape index (κ3) is 2.74. The van der Waals surface area contributed by atoms with Crippen LogP contribution in [0.1, 0.15) is 26.7 Å². The van der Waals surface area contributed by atoms with Crippen molar-refractivity contribution >= 4 is 5.91 Å². The molecule has 0 aromatic heterocycles. The Morgan fingerprint density at radius 1 is 1.64 bits per heavy atom. The molecule has 0 aromatic rings. The topological polar surface area (TPSA) is 41.1 Å². The van der Waals surface area contributed by atoms with Crippen molar-refractivity contribution < 1.29 is 4.79 Å². The maximum Gasteiger partial charge on any atom is 0.238 e. The predicted octanol–water partition coefficient (Wildman–Crippen LogP) is 0.512. The van der Waals surface area contributed by atoms with Crippen molar-refractivity contribution in [1.29, 1.82) is 0 Å². The molecule has 3 nitrogen and oxygen atoms in total. The van der Waals surface area contributed by atoms with Gasteiger partial charge >= 0.3 is 0 Å². The number of terminal acetylenes is 1. The van der Waals surface area contributed by atoms with E-state index in [2.05, 4.69) is 16.6 Å². The molecule has 1 saturated heterocycles. The van der Waals surface area contributed by atoms with Crippen molar-refractivity contribution in [3.63, 3.8) is 0 Å². The highest BCUT2D eigenvalue weighted by Crippen LogP contribution is 2.06. The lowest BCUT2D eigenvalue weighted by Gasteiger charge is -2.19. The van der Waals surface area contributed by atoms with E-state index >= 15 is 0 Å². The Morgan fingerprint density at radius 2 is 2.36 bits per heavy atom.